The van der Waals surface area contributed by atoms with Gasteiger partial charge in [0.2, 0.25) is 5.89 Å². The molecule has 0 bridgehead atoms. The van der Waals surface area contributed by atoms with Crippen LogP contribution in [0.3, 0.4) is 0 Å². The van der Waals surface area contributed by atoms with E-state index < -0.39 is 0 Å². The highest BCUT2D eigenvalue weighted by Gasteiger charge is 2.29. The summed E-state index contributed by atoms with van der Waals surface area (Å²) < 4.78 is 13.1. The van der Waals surface area contributed by atoms with Gasteiger partial charge >= 0.3 is 0 Å². The van der Waals surface area contributed by atoms with Crippen LogP contribution in [-0.4, -0.2) is 26.3 Å². The summed E-state index contributed by atoms with van der Waals surface area (Å²) in [6.45, 7) is 4.59. The van der Waals surface area contributed by atoms with E-state index in [-0.39, 0.29) is 11.5 Å². The van der Waals surface area contributed by atoms with Crippen LogP contribution in [0.5, 0.6) is 0 Å². The zero-order chi connectivity index (χ0) is 17.4. The van der Waals surface area contributed by atoms with Crippen molar-refractivity contribution in [3.8, 4) is 0 Å². The zero-order valence-electron chi connectivity index (χ0n) is 14.2. The Hall–Kier alpha value is -2.28. The number of rotatable bonds is 7. The van der Waals surface area contributed by atoms with E-state index in [4.69, 9.17) is 8.83 Å². The summed E-state index contributed by atoms with van der Waals surface area (Å²) >= 11 is 1.30. The third-order valence-corrected chi connectivity index (χ3v) is 5.26. The van der Waals surface area contributed by atoms with Crippen molar-refractivity contribution < 1.29 is 13.6 Å². The summed E-state index contributed by atoms with van der Waals surface area (Å²) in [6.07, 6.45) is 3.90. The second kappa shape index (κ2) is 6.55. The number of aryl methyl sites for hydroxylation is 1. The Kier molecular flexibility index (Phi) is 4.25. The van der Waals surface area contributed by atoms with Gasteiger partial charge < -0.3 is 13.4 Å². The molecule has 0 saturated heterocycles. The molecule has 0 aromatic carbocycles. The Morgan fingerprint density at radius 1 is 1.36 bits per heavy atom. The Balaban J connectivity index is 1.44. The largest absolute Gasteiger partial charge is 0.467 e. The summed E-state index contributed by atoms with van der Waals surface area (Å²) in [5.74, 6) is 2.35. The van der Waals surface area contributed by atoms with Gasteiger partial charge in [-0.1, -0.05) is 11.8 Å². The molecule has 1 aliphatic rings. The Labute approximate surface area is 149 Å². The van der Waals surface area contributed by atoms with Crippen molar-refractivity contribution in [2.45, 2.75) is 44.4 Å². The molecule has 0 N–H and O–H groups in total. The van der Waals surface area contributed by atoms with Crippen molar-refractivity contribution in [1.29, 1.82) is 0 Å². The predicted octanol–water partition coefficient (Wildman–Crippen LogP) is 3.98. The number of Topliss-reactive ketones (excluding diaryl/α,β-unsaturated/α-hetero) is 1. The number of aromatic nitrogens is 3. The molecular formula is C18H19N3O3S. The minimum Gasteiger partial charge on any atom is -0.467 e. The minimum absolute atomic E-state index is 0.0648. The summed E-state index contributed by atoms with van der Waals surface area (Å²) in [7, 11) is 0. The molecule has 1 saturated carbocycles. The van der Waals surface area contributed by atoms with Crippen LogP contribution in [0, 0.1) is 13.8 Å². The van der Waals surface area contributed by atoms with Crippen molar-refractivity contribution in [2.24, 2.45) is 0 Å². The summed E-state index contributed by atoms with van der Waals surface area (Å²) in [5, 5.41) is 8.53. The number of nitrogens with zero attached hydrogens (tertiary/aromatic N) is 3. The second-order valence-corrected chi connectivity index (χ2v) is 7.27. The standard InChI is InChI=1S/C18H19N3O3S/c1-11-8-15(12(2)21(11)9-14-4-3-7-23-14)16(22)10-25-18-20-19-17(24-18)13-5-6-13/h3-4,7-8,13H,5-6,9-10H2,1-2H3. The highest BCUT2D eigenvalue weighted by molar-refractivity contribution is 7.99. The van der Waals surface area contributed by atoms with Crippen molar-refractivity contribution in [3.63, 3.8) is 0 Å². The zero-order valence-corrected chi connectivity index (χ0v) is 15.0. The molecule has 4 rings (SSSR count). The molecule has 7 heteroatoms. The third-order valence-electron chi connectivity index (χ3n) is 4.44. The normalized spacial score (nSPS) is 14.2. The first-order valence-electron chi connectivity index (χ1n) is 8.30. The maximum atomic E-state index is 12.6. The van der Waals surface area contributed by atoms with E-state index in [1.54, 1.807) is 6.26 Å². The third kappa shape index (κ3) is 3.42. The fraction of sp³-hybridized carbons (Fsp3) is 0.389. The van der Waals surface area contributed by atoms with Crippen molar-refractivity contribution >= 4 is 17.5 Å². The van der Waals surface area contributed by atoms with Crippen LogP contribution >= 0.6 is 11.8 Å². The predicted molar refractivity (Wildman–Crippen MR) is 93.0 cm³/mol. The maximum absolute atomic E-state index is 12.6. The van der Waals surface area contributed by atoms with Crippen LogP contribution < -0.4 is 0 Å². The molecule has 3 aromatic heterocycles. The molecular weight excluding hydrogens is 338 g/mol. The quantitative estimate of drug-likeness (QED) is 0.470. The maximum Gasteiger partial charge on any atom is 0.277 e. The average molecular weight is 357 g/mol. The molecule has 0 unspecified atom stereocenters. The Morgan fingerprint density at radius 2 is 2.20 bits per heavy atom. The van der Waals surface area contributed by atoms with E-state index >= 15 is 0 Å². The molecule has 25 heavy (non-hydrogen) atoms. The van der Waals surface area contributed by atoms with Gasteiger partial charge in [0, 0.05) is 22.9 Å². The van der Waals surface area contributed by atoms with Crippen molar-refractivity contribution in [3.05, 3.63) is 53.1 Å². The molecule has 0 amide bonds. The smallest absolute Gasteiger partial charge is 0.277 e. The minimum atomic E-state index is 0.0648. The Morgan fingerprint density at radius 3 is 2.92 bits per heavy atom. The van der Waals surface area contributed by atoms with Gasteiger partial charge in [0.05, 0.1) is 18.6 Å². The number of thioether (sulfide) groups is 1. The molecule has 0 aliphatic heterocycles. The van der Waals surface area contributed by atoms with Gasteiger partial charge in [0.25, 0.3) is 5.22 Å². The van der Waals surface area contributed by atoms with Gasteiger partial charge in [-0.2, -0.15) is 0 Å². The van der Waals surface area contributed by atoms with Gasteiger partial charge in [-0.05, 0) is 44.9 Å². The van der Waals surface area contributed by atoms with E-state index in [2.05, 4.69) is 14.8 Å². The topological polar surface area (TPSA) is 74.1 Å². The molecule has 0 spiro atoms. The molecule has 6 nitrogen and oxygen atoms in total. The lowest BCUT2D eigenvalue weighted by molar-refractivity contribution is 0.102. The molecule has 0 atom stereocenters. The first-order chi connectivity index (χ1) is 12.1. The van der Waals surface area contributed by atoms with Crippen molar-refractivity contribution in [1.82, 2.24) is 14.8 Å². The lowest BCUT2D eigenvalue weighted by atomic mass is 10.2. The fourth-order valence-electron chi connectivity index (χ4n) is 2.86. The van der Waals surface area contributed by atoms with E-state index in [0.29, 0.717) is 23.6 Å². The molecule has 3 heterocycles. The van der Waals surface area contributed by atoms with Crippen molar-refractivity contribution in [2.75, 3.05) is 5.75 Å². The SMILES string of the molecule is Cc1cc(C(=O)CSc2nnc(C3CC3)o2)c(C)n1Cc1ccco1. The van der Waals surface area contributed by atoms with Crippen LogP contribution in [0.15, 0.2) is 38.5 Å². The monoisotopic (exact) mass is 357 g/mol. The number of carbonyl (C=O) groups is 1. The average Bonchev–Trinajstić information content (AvgIpc) is 3.03. The highest BCUT2D eigenvalue weighted by atomic mass is 32.2. The highest BCUT2D eigenvalue weighted by Crippen LogP contribution is 2.39. The van der Waals surface area contributed by atoms with Crippen LogP contribution in [-0.2, 0) is 6.54 Å². The van der Waals surface area contributed by atoms with E-state index in [9.17, 15) is 4.79 Å². The second-order valence-electron chi connectivity index (χ2n) is 6.34. The number of hydrogen-bond donors (Lipinski definition) is 0. The van der Waals surface area contributed by atoms with Crippen LogP contribution in [0.2, 0.25) is 0 Å². The molecule has 130 valence electrons. The van der Waals surface area contributed by atoms with E-state index in [1.165, 1.54) is 11.8 Å². The van der Waals surface area contributed by atoms with E-state index in [0.717, 1.165) is 35.6 Å². The van der Waals surface area contributed by atoms with Gasteiger partial charge in [-0.15, -0.1) is 10.2 Å². The van der Waals surface area contributed by atoms with Gasteiger partial charge in [0.1, 0.15) is 5.76 Å². The number of carbonyl (C=O) groups excluding carboxylic acids is 1. The fourth-order valence-corrected chi connectivity index (χ4v) is 3.52. The van der Waals surface area contributed by atoms with Crippen LogP contribution in [0.4, 0.5) is 0 Å². The molecule has 1 aliphatic carbocycles. The number of ketones is 1. The van der Waals surface area contributed by atoms with Gasteiger partial charge in [-0.3, -0.25) is 4.79 Å². The first-order valence-corrected chi connectivity index (χ1v) is 9.29. The first kappa shape index (κ1) is 16.2. The van der Waals surface area contributed by atoms with Gasteiger partial charge in [-0.25, -0.2) is 0 Å². The van der Waals surface area contributed by atoms with Crippen LogP contribution in [0.1, 0.15) is 52.2 Å². The lowest BCUT2D eigenvalue weighted by Gasteiger charge is -2.07. The lowest BCUT2D eigenvalue weighted by Crippen LogP contribution is -2.07. The molecule has 1 fully saturated rings. The van der Waals surface area contributed by atoms with E-state index in [1.807, 2.05) is 32.0 Å². The summed E-state index contributed by atoms with van der Waals surface area (Å²) in [6, 6.07) is 5.74. The molecule has 0 radical (unpaired) electrons. The van der Waals surface area contributed by atoms with Crippen LogP contribution in [0.25, 0.3) is 0 Å². The summed E-state index contributed by atoms with van der Waals surface area (Å²) in [4.78, 5) is 12.6. The number of furan rings is 1. The molecule has 3 aromatic rings. The Bertz CT molecular complexity index is 891. The van der Waals surface area contributed by atoms with Gasteiger partial charge in [0.15, 0.2) is 5.78 Å². The number of hydrogen-bond acceptors (Lipinski definition) is 6. The summed E-state index contributed by atoms with van der Waals surface area (Å²) in [5.41, 5.74) is 2.72.